The number of rotatable bonds is 24. The molecular formula is C48H60Cl4N8O5. The maximum atomic E-state index is 13.4. The van der Waals surface area contributed by atoms with E-state index >= 15 is 0 Å². The third kappa shape index (κ3) is 18.0. The van der Waals surface area contributed by atoms with Gasteiger partial charge in [-0.1, -0.05) is 48.0 Å². The number of pyridine rings is 2. The fraction of sp³-hybridized carbons (Fsp3) is 0.396. The molecule has 17 heteroatoms. The van der Waals surface area contributed by atoms with Crippen molar-refractivity contribution in [2.24, 2.45) is 0 Å². The number of carbonyl (C=O) groups excluding carboxylic acids is 3. The van der Waals surface area contributed by atoms with Gasteiger partial charge in [-0.05, 0) is 110 Å². The molecule has 0 spiro atoms. The zero-order chi connectivity index (χ0) is 43.6. The lowest BCUT2D eigenvalue weighted by Crippen LogP contribution is -3.00. The molecule has 5 aromatic rings. The fourth-order valence-electron chi connectivity index (χ4n) is 8.11. The van der Waals surface area contributed by atoms with Crippen molar-refractivity contribution in [1.29, 1.82) is 0 Å². The van der Waals surface area contributed by atoms with E-state index in [0.717, 1.165) is 106 Å². The second-order valence-electron chi connectivity index (χ2n) is 16.2. The summed E-state index contributed by atoms with van der Waals surface area (Å²) in [5, 5.41) is 3.11. The van der Waals surface area contributed by atoms with Gasteiger partial charge in [-0.3, -0.25) is 24.4 Å². The maximum Gasteiger partial charge on any atom is 0.274 e. The number of nitrogens with one attached hydrogen (secondary N) is 1. The number of ketones is 2. The van der Waals surface area contributed by atoms with Gasteiger partial charge in [-0.25, -0.2) is 9.97 Å². The molecule has 0 saturated carbocycles. The number of quaternary nitrogens is 1. The van der Waals surface area contributed by atoms with Crippen LogP contribution in [0.1, 0.15) is 84.1 Å². The number of aromatic nitrogens is 4. The van der Waals surface area contributed by atoms with E-state index in [-0.39, 0.29) is 90.5 Å². The largest absolute Gasteiger partial charge is 1.00 e. The quantitative estimate of drug-likeness (QED) is 0.0719. The molecule has 2 aromatic carbocycles. The fourth-order valence-corrected chi connectivity index (χ4v) is 8.23. The highest BCUT2D eigenvalue weighted by atomic mass is 35.5. The van der Waals surface area contributed by atoms with Crippen LogP contribution in [0.2, 0.25) is 5.15 Å². The Morgan fingerprint density at radius 1 is 0.677 bits per heavy atom. The summed E-state index contributed by atoms with van der Waals surface area (Å²) in [6.07, 6.45) is 16.7. The molecule has 0 radical (unpaired) electrons. The summed E-state index contributed by atoms with van der Waals surface area (Å²) in [5.41, 5.74) is 16.4. The van der Waals surface area contributed by atoms with Gasteiger partial charge in [0.05, 0.1) is 32.2 Å². The number of nitrogens with two attached hydrogens (primary N) is 2. The molecule has 1 aliphatic rings. The molecule has 5 N–H and O–H groups in total. The van der Waals surface area contributed by atoms with Crippen molar-refractivity contribution in [3.05, 3.63) is 131 Å². The van der Waals surface area contributed by atoms with Crippen LogP contribution in [0.25, 0.3) is 0 Å². The molecule has 3 aromatic heterocycles. The summed E-state index contributed by atoms with van der Waals surface area (Å²) < 4.78 is 12.5. The van der Waals surface area contributed by atoms with Crippen molar-refractivity contribution in [3.63, 3.8) is 0 Å². The number of ether oxygens (including phenoxy) is 2. The number of hydrogen-bond donors (Lipinski definition) is 3. The molecule has 65 heavy (non-hydrogen) atoms. The minimum absolute atomic E-state index is 0. The number of carbonyl (C=O) groups is 3. The zero-order valence-corrected chi connectivity index (χ0v) is 39.7. The van der Waals surface area contributed by atoms with Crippen LogP contribution in [0.15, 0.2) is 97.6 Å². The van der Waals surface area contributed by atoms with Gasteiger partial charge >= 0.3 is 0 Å². The number of nitrogens with zero attached hydrogens (tertiary/aromatic N) is 5. The third-order valence-electron chi connectivity index (χ3n) is 11.4. The van der Waals surface area contributed by atoms with Crippen molar-refractivity contribution >= 4 is 65.5 Å². The molecule has 6 rings (SSSR count). The minimum atomic E-state index is -0.413. The SMILES string of the molecule is Cl.Cl.Nc1nc(N)c(C(=O)N[C@H]2CCC[N+](CCCc3ccc(OCC(=O)CCCc4cccnc4)cc3)(CCCc3ccc(OCC(=O)CCCc4cccnc4)cc3)C2)nc1Cl.[Cl-]. The number of piperidine rings is 1. The highest BCUT2D eigenvalue weighted by Gasteiger charge is 2.35. The van der Waals surface area contributed by atoms with Gasteiger partial charge in [0.25, 0.3) is 5.91 Å². The van der Waals surface area contributed by atoms with E-state index in [1.165, 1.54) is 11.1 Å². The van der Waals surface area contributed by atoms with Crippen molar-refractivity contribution in [2.75, 3.05) is 50.9 Å². The second kappa shape index (κ2) is 28.1. The van der Waals surface area contributed by atoms with Gasteiger partial charge in [0.2, 0.25) is 0 Å². The monoisotopic (exact) mass is 968 g/mol. The lowest BCUT2D eigenvalue weighted by atomic mass is 9.99. The van der Waals surface area contributed by atoms with Crippen LogP contribution in [-0.4, -0.2) is 87.3 Å². The first kappa shape index (κ1) is 54.3. The highest BCUT2D eigenvalue weighted by Crippen LogP contribution is 2.25. The van der Waals surface area contributed by atoms with Crippen LogP contribution in [0.5, 0.6) is 11.5 Å². The molecular weight excluding hydrogens is 910 g/mol. The molecule has 1 fully saturated rings. The van der Waals surface area contributed by atoms with E-state index in [1.807, 2.05) is 60.9 Å². The number of aryl methyl sites for hydroxylation is 4. The molecule has 1 aliphatic heterocycles. The molecule has 0 unspecified atom stereocenters. The maximum absolute atomic E-state index is 13.4. The Hall–Kier alpha value is -5.05. The van der Waals surface area contributed by atoms with E-state index in [4.69, 9.17) is 32.5 Å². The minimum Gasteiger partial charge on any atom is -1.00 e. The average molecular weight is 971 g/mol. The van der Waals surface area contributed by atoms with Gasteiger partial charge in [0, 0.05) is 50.5 Å². The molecule has 0 bridgehead atoms. The lowest BCUT2D eigenvalue weighted by Gasteiger charge is -2.45. The highest BCUT2D eigenvalue weighted by molar-refractivity contribution is 6.31. The first-order chi connectivity index (χ1) is 30.1. The van der Waals surface area contributed by atoms with Crippen molar-refractivity contribution in [2.45, 2.75) is 83.1 Å². The van der Waals surface area contributed by atoms with Crippen LogP contribution in [0, 0.1) is 0 Å². The van der Waals surface area contributed by atoms with Gasteiger partial charge in [-0.2, -0.15) is 0 Å². The lowest BCUT2D eigenvalue weighted by molar-refractivity contribution is -0.933. The predicted molar refractivity (Wildman–Crippen MR) is 255 cm³/mol. The number of nitrogen functional groups attached to an aromatic ring is 2. The Labute approximate surface area is 405 Å². The van der Waals surface area contributed by atoms with Crippen molar-refractivity contribution in [1.82, 2.24) is 25.3 Å². The molecule has 1 saturated heterocycles. The Morgan fingerprint density at radius 3 is 1.65 bits per heavy atom. The van der Waals surface area contributed by atoms with Crippen LogP contribution in [0.4, 0.5) is 11.6 Å². The number of amides is 1. The van der Waals surface area contributed by atoms with E-state index in [0.29, 0.717) is 24.3 Å². The van der Waals surface area contributed by atoms with E-state index in [2.05, 4.69) is 49.5 Å². The summed E-state index contributed by atoms with van der Waals surface area (Å²) in [4.78, 5) is 54.7. The predicted octanol–water partition coefficient (Wildman–Crippen LogP) is 4.85. The summed E-state index contributed by atoms with van der Waals surface area (Å²) in [7, 11) is 0. The molecule has 13 nitrogen and oxygen atoms in total. The molecule has 350 valence electrons. The standard InChI is InChI=1S/C48H57ClN8O5.3ClH/c49-45-47(51)56-46(50)44(55-45)48(60)54-39-14-7-29-57(32-39,27-5-12-35-17-21-42(22-18-35)61-33-40(58)15-1-8-37-10-3-25-52-30-37)28-6-13-36-19-23-43(24-20-36)62-34-41(59)16-2-9-38-11-4-26-53-31-38;;;/h3-4,10-11,17-26,30-31,39H,1-2,5-9,12-16,27-29,32-34H2,(H4-,50,51,54,56,60);3*1H/t39-;;;/m0.../s1. The number of anilines is 2. The Bertz CT molecular complexity index is 2100. The zero-order valence-electron chi connectivity index (χ0n) is 36.5. The smallest absolute Gasteiger partial charge is 0.274 e. The van der Waals surface area contributed by atoms with Crippen LogP contribution in [0.3, 0.4) is 0 Å². The summed E-state index contributed by atoms with van der Waals surface area (Å²) in [6, 6.07) is 23.8. The normalized spacial score (nSPS) is 13.8. The number of benzene rings is 2. The summed E-state index contributed by atoms with van der Waals surface area (Å²) >= 11 is 6.09. The Kier molecular flexibility index (Phi) is 23.5. The number of likely N-dealkylation sites (tertiary alicyclic amines) is 1. The molecule has 1 amide bonds. The van der Waals surface area contributed by atoms with Crippen LogP contribution >= 0.6 is 36.4 Å². The van der Waals surface area contributed by atoms with E-state index in [9.17, 15) is 14.4 Å². The van der Waals surface area contributed by atoms with Crippen molar-refractivity contribution < 1.29 is 40.7 Å². The first-order valence-electron chi connectivity index (χ1n) is 21.6. The van der Waals surface area contributed by atoms with Crippen molar-refractivity contribution in [3.8, 4) is 11.5 Å². The van der Waals surface area contributed by atoms with E-state index < -0.39 is 5.91 Å². The Balaban J connectivity index is 0.00000374. The van der Waals surface area contributed by atoms with Crippen LogP contribution in [-0.2, 0) is 35.3 Å². The average Bonchev–Trinajstić information content (AvgIpc) is 3.28. The molecule has 1 atom stereocenters. The van der Waals surface area contributed by atoms with E-state index in [1.54, 1.807) is 12.4 Å². The number of Topliss-reactive ketones (excluding diaryl/α,β-unsaturated/α-hetero) is 2. The summed E-state index contributed by atoms with van der Waals surface area (Å²) in [6.45, 7) is 3.78. The second-order valence-corrected chi connectivity index (χ2v) is 16.6. The summed E-state index contributed by atoms with van der Waals surface area (Å²) in [5.74, 6) is 1.03. The van der Waals surface area contributed by atoms with Crippen LogP contribution < -0.4 is 38.7 Å². The first-order valence-corrected chi connectivity index (χ1v) is 22.0. The topological polar surface area (TPSA) is 185 Å². The third-order valence-corrected chi connectivity index (χ3v) is 11.7. The van der Waals surface area contributed by atoms with Gasteiger partial charge in [0.1, 0.15) is 24.7 Å². The van der Waals surface area contributed by atoms with Gasteiger partial charge in [-0.15, -0.1) is 24.8 Å². The number of hydrogen-bond acceptors (Lipinski definition) is 11. The van der Waals surface area contributed by atoms with Gasteiger partial charge < -0.3 is 43.1 Å². The molecule has 0 aliphatic carbocycles. The number of halogens is 4. The molecule has 4 heterocycles. The Morgan fingerprint density at radius 2 is 1.17 bits per heavy atom. The van der Waals surface area contributed by atoms with Gasteiger partial charge in [0.15, 0.2) is 34.0 Å².